The highest BCUT2D eigenvalue weighted by molar-refractivity contribution is 7.13. The molecule has 1 fully saturated rings. The molecule has 2 aromatic heterocycles. The predicted molar refractivity (Wildman–Crippen MR) is 126 cm³/mol. The van der Waals surface area contributed by atoms with Crippen molar-refractivity contribution in [2.75, 3.05) is 6.54 Å². The number of carbonyl (C=O) groups is 2. The molecule has 1 aromatic carbocycles. The Bertz CT molecular complexity index is 1160. The summed E-state index contributed by atoms with van der Waals surface area (Å²) in [5.74, 6) is -0.571. The van der Waals surface area contributed by atoms with Crippen molar-refractivity contribution in [1.82, 2.24) is 20.5 Å². The summed E-state index contributed by atoms with van der Waals surface area (Å²) in [5.41, 5.74) is 6.87. The van der Waals surface area contributed by atoms with E-state index < -0.39 is 24.0 Å². The van der Waals surface area contributed by atoms with Crippen LogP contribution in [0.5, 0.6) is 5.75 Å². The Hall–Kier alpha value is -3.24. The van der Waals surface area contributed by atoms with Crippen LogP contribution in [0.25, 0.3) is 10.4 Å². The summed E-state index contributed by atoms with van der Waals surface area (Å²) in [4.78, 5) is 38.6. The lowest BCUT2D eigenvalue weighted by Gasteiger charge is -2.28. The molecule has 3 aromatic rings. The molecule has 4 rings (SSSR count). The van der Waals surface area contributed by atoms with Crippen LogP contribution in [-0.4, -0.2) is 50.7 Å². The molecule has 1 unspecified atom stereocenters. The van der Waals surface area contributed by atoms with Crippen LogP contribution in [-0.2, 0) is 9.59 Å². The number of aliphatic hydroxyl groups is 1. The van der Waals surface area contributed by atoms with Gasteiger partial charge in [0.05, 0.1) is 27.9 Å². The van der Waals surface area contributed by atoms with E-state index in [2.05, 4.69) is 15.6 Å². The van der Waals surface area contributed by atoms with E-state index in [0.717, 1.165) is 16.1 Å². The maximum atomic E-state index is 13.4. The summed E-state index contributed by atoms with van der Waals surface area (Å²) < 4.78 is 5.35. The maximum Gasteiger partial charge on any atom is 0.275 e. The molecule has 0 bridgehead atoms. The number of hydrogen-bond donors (Lipinski definition) is 2. The second-order valence-electron chi connectivity index (χ2n) is 8.85. The van der Waals surface area contributed by atoms with Crippen LogP contribution in [0.1, 0.15) is 43.3 Å². The number of nitrogens with zero attached hydrogens (tertiary/aromatic N) is 3. The Balaban J connectivity index is 1.43. The zero-order chi connectivity index (χ0) is 24.4. The van der Waals surface area contributed by atoms with Crippen molar-refractivity contribution >= 4 is 23.2 Å². The standard InChI is InChI=1S/C24H28N4O5S/c1-13(2)21(20-9-14(3)26-33-20)24(31)28-11-17(29)10-19(28)23(30)27-32-18-7-5-16(6-8-18)22-15(4)25-12-34-22/h5-9,12-13,17,19,21,29H,10-11H2,1-4H3,(H,27,30)/t17-,19+,21?/m1/s1. The second kappa shape index (κ2) is 9.94. The van der Waals surface area contributed by atoms with E-state index in [1.54, 1.807) is 42.0 Å². The highest BCUT2D eigenvalue weighted by Crippen LogP contribution is 2.31. The third-order valence-electron chi connectivity index (χ3n) is 5.88. The van der Waals surface area contributed by atoms with E-state index >= 15 is 0 Å². The number of rotatable bonds is 7. The molecule has 3 atom stereocenters. The Labute approximate surface area is 201 Å². The zero-order valence-electron chi connectivity index (χ0n) is 19.5. The van der Waals surface area contributed by atoms with Gasteiger partial charge in [-0.25, -0.2) is 4.98 Å². The summed E-state index contributed by atoms with van der Waals surface area (Å²) in [5, 5.41) is 14.1. The highest BCUT2D eigenvalue weighted by Gasteiger charge is 2.43. The van der Waals surface area contributed by atoms with Crippen molar-refractivity contribution in [3.8, 4) is 16.2 Å². The minimum atomic E-state index is -0.855. The smallest absolute Gasteiger partial charge is 0.275 e. The molecule has 1 aliphatic rings. The van der Waals surface area contributed by atoms with Crippen LogP contribution in [0.4, 0.5) is 0 Å². The first kappa shape index (κ1) is 23.9. The molecule has 180 valence electrons. The summed E-state index contributed by atoms with van der Waals surface area (Å²) in [6.07, 6.45) is -0.670. The second-order valence-corrected chi connectivity index (χ2v) is 9.70. The van der Waals surface area contributed by atoms with Crippen molar-refractivity contribution in [3.05, 3.63) is 53.0 Å². The fraction of sp³-hybridized carbons (Fsp3) is 0.417. The predicted octanol–water partition coefficient (Wildman–Crippen LogP) is 3.23. The molecule has 3 heterocycles. The summed E-state index contributed by atoms with van der Waals surface area (Å²) in [7, 11) is 0. The number of hydroxylamine groups is 1. The normalized spacial score (nSPS) is 18.8. The topological polar surface area (TPSA) is 118 Å². The van der Waals surface area contributed by atoms with Gasteiger partial charge in [-0.2, -0.15) is 5.48 Å². The van der Waals surface area contributed by atoms with Crippen molar-refractivity contribution in [2.24, 2.45) is 5.92 Å². The number of aryl methyl sites for hydroxylation is 2. The van der Waals surface area contributed by atoms with Gasteiger partial charge >= 0.3 is 0 Å². The molecule has 10 heteroatoms. The van der Waals surface area contributed by atoms with E-state index in [0.29, 0.717) is 17.2 Å². The zero-order valence-corrected chi connectivity index (χ0v) is 20.3. The Morgan fingerprint density at radius 3 is 2.59 bits per heavy atom. The number of likely N-dealkylation sites (tertiary alicyclic amines) is 1. The van der Waals surface area contributed by atoms with E-state index in [-0.39, 0.29) is 24.8 Å². The molecule has 34 heavy (non-hydrogen) atoms. The van der Waals surface area contributed by atoms with Gasteiger partial charge in [0, 0.05) is 19.0 Å². The number of aromatic nitrogens is 2. The number of hydrogen-bond acceptors (Lipinski definition) is 8. The third-order valence-corrected chi connectivity index (χ3v) is 6.86. The monoisotopic (exact) mass is 484 g/mol. The van der Waals surface area contributed by atoms with E-state index in [4.69, 9.17) is 9.36 Å². The van der Waals surface area contributed by atoms with Crippen LogP contribution in [0, 0.1) is 19.8 Å². The molecular formula is C24H28N4O5S. The molecule has 1 saturated heterocycles. The van der Waals surface area contributed by atoms with E-state index in [1.165, 1.54) is 4.90 Å². The quantitative estimate of drug-likeness (QED) is 0.494. The molecule has 0 radical (unpaired) electrons. The summed E-state index contributed by atoms with van der Waals surface area (Å²) >= 11 is 1.56. The molecule has 0 spiro atoms. The number of carbonyl (C=O) groups excluding carboxylic acids is 2. The van der Waals surface area contributed by atoms with Gasteiger partial charge in [0.15, 0.2) is 5.75 Å². The molecule has 0 aliphatic carbocycles. The van der Waals surface area contributed by atoms with Gasteiger partial charge < -0.3 is 19.4 Å². The number of amides is 2. The van der Waals surface area contributed by atoms with Crippen molar-refractivity contribution in [1.29, 1.82) is 0 Å². The van der Waals surface area contributed by atoms with E-state index in [1.807, 2.05) is 32.9 Å². The van der Waals surface area contributed by atoms with Gasteiger partial charge in [-0.05, 0) is 49.6 Å². The van der Waals surface area contributed by atoms with Gasteiger partial charge in [-0.15, -0.1) is 11.3 Å². The molecule has 2 amide bonds. The maximum absolute atomic E-state index is 13.4. The lowest BCUT2D eigenvalue weighted by molar-refractivity contribution is -0.143. The first-order valence-corrected chi connectivity index (χ1v) is 12.0. The highest BCUT2D eigenvalue weighted by atomic mass is 32.1. The van der Waals surface area contributed by atoms with Crippen molar-refractivity contribution in [3.63, 3.8) is 0 Å². The number of nitrogens with one attached hydrogen (secondary N) is 1. The number of benzene rings is 1. The molecule has 0 saturated carbocycles. The van der Waals surface area contributed by atoms with Crippen molar-refractivity contribution in [2.45, 2.75) is 52.2 Å². The molecule has 9 nitrogen and oxygen atoms in total. The molecular weight excluding hydrogens is 456 g/mol. The van der Waals surface area contributed by atoms with Crippen LogP contribution >= 0.6 is 11.3 Å². The number of β-amino-alcohol motifs (C(OH)–C–C–N with tert-alkyl or cyclic N) is 1. The summed E-state index contributed by atoms with van der Waals surface area (Å²) in [6, 6.07) is 8.16. The van der Waals surface area contributed by atoms with Gasteiger partial charge in [-0.3, -0.25) is 9.59 Å². The van der Waals surface area contributed by atoms with Gasteiger partial charge in [0.25, 0.3) is 5.91 Å². The lowest BCUT2D eigenvalue weighted by atomic mass is 9.91. The summed E-state index contributed by atoms with van der Waals surface area (Å²) in [6.45, 7) is 7.61. The fourth-order valence-electron chi connectivity index (χ4n) is 4.18. The molecule has 2 N–H and O–H groups in total. The molecule has 1 aliphatic heterocycles. The van der Waals surface area contributed by atoms with Crippen LogP contribution < -0.4 is 10.3 Å². The average Bonchev–Trinajstić information content (AvgIpc) is 3.52. The van der Waals surface area contributed by atoms with Gasteiger partial charge in [0.1, 0.15) is 17.7 Å². The Morgan fingerprint density at radius 1 is 1.26 bits per heavy atom. The minimum Gasteiger partial charge on any atom is -0.391 e. The third kappa shape index (κ3) is 4.97. The first-order valence-electron chi connectivity index (χ1n) is 11.1. The van der Waals surface area contributed by atoms with Crippen LogP contribution in [0.2, 0.25) is 0 Å². The fourth-order valence-corrected chi connectivity index (χ4v) is 4.99. The Morgan fingerprint density at radius 2 is 2.00 bits per heavy atom. The minimum absolute atomic E-state index is 0.0656. The number of thiazole rings is 1. The lowest BCUT2D eigenvalue weighted by Crippen LogP contribution is -2.48. The van der Waals surface area contributed by atoms with Crippen LogP contribution in [0.15, 0.2) is 40.4 Å². The Kier molecular flexibility index (Phi) is 6.99. The van der Waals surface area contributed by atoms with Crippen LogP contribution in [0.3, 0.4) is 0 Å². The van der Waals surface area contributed by atoms with Gasteiger partial charge in [0.2, 0.25) is 5.91 Å². The average molecular weight is 485 g/mol. The SMILES string of the molecule is Cc1cc(C(C(=O)N2C[C@H](O)C[C@H]2C(=O)NOc2ccc(-c3scnc3C)cc2)C(C)C)on1. The largest absolute Gasteiger partial charge is 0.391 e. The van der Waals surface area contributed by atoms with E-state index in [9.17, 15) is 14.7 Å². The first-order chi connectivity index (χ1) is 16.2. The van der Waals surface area contributed by atoms with Crippen molar-refractivity contribution < 1.29 is 24.1 Å². The number of aliphatic hydroxyl groups excluding tert-OH is 1. The van der Waals surface area contributed by atoms with Gasteiger partial charge in [-0.1, -0.05) is 19.0 Å².